The first-order valence-electron chi connectivity index (χ1n) is 6.25. The van der Waals surface area contributed by atoms with E-state index in [1.807, 2.05) is 0 Å². The summed E-state index contributed by atoms with van der Waals surface area (Å²) in [5.41, 5.74) is -1.41. The summed E-state index contributed by atoms with van der Waals surface area (Å²) in [7, 11) is 0. The number of hydrogen-bond acceptors (Lipinski definition) is 4. The maximum Gasteiger partial charge on any atom is 0.451 e. The molecule has 0 aliphatic rings. The second kappa shape index (κ2) is 6.42. The number of nitrogens with zero attached hydrogens (tertiary/aromatic N) is 3. The largest absolute Gasteiger partial charge is 0.451 e. The number of carbonyl (C=O) groups excluding carboxylic acids is 1. The fourth-order valence-corrected chi connectivity index (χ4v) is 1.81. The standard InChI is InChI=1S/C13H8F6N4O/c14-12(15,16)9-5-21-10(1-7(9)2-20-6-24)8-3-22-11(23-4-8)13(17,18)19/h1,3-6H,2H2,(H,20,24). The smallest absolute Gasteiger partial charge is 0.355 e. The highest BCUT2D eigenvalue weighted by Gasteiger charge is 2.35. The topological polar surface area (TPSA) is 67.8 Å². The van der Waals surface area contributed by atoms with Crippen LogP contribution in [-0.2, 0) is 23.7 Å². The molecule has 2 aromatic heterocycles. The third-order valence-corrected chi connectivity index (χ3v) is 2.87. The van der Waals surface area contributed by atoms with Gasteiger partial charge in [0.05, 0.1) is 11.3 Å². The van der Waals surface area contributed by atoms with Gasteiger partial charge < -0.3 is 5.32 Å². The molecule has 2 rings (SSSR count). The van der Waals surface area contributed by atoms with Crippen molar-refractivity contribution >= 4 is 6.41 Å². The van der Waals surface area contributed by atoms with Crippen LogP contribution >= 0.6 is 0 Å². The van der Waals surface area contributed by atoms with Gasteiger partial charge in [0, 0.05) is 30.7 Å². The Bertz CT molecular complexity index is 727. The highest BCUT2D eigenvalue weighted by atomic mass is 19.4. The second-order valence-electron chi connectivity index (χ2n) is 4.52. The van der Waals surface area contributed by atoms with Gasteiger partial charge >= 0.3 is 12.4 Å². The minimum Gasteiger partial charge on any atom is -0.355 e. The van der Waals surface area contributed by atoms with Crippen LogP contribution in [0, 0.1) is 0 Å². The van der Waals surface area contributed by atoms with E-state index < -0.39 is 30.3 Å². The lowest BCUT2D eigenvalue weighted by Crippen LogP contribution is -2.17. The van der Waals surface area contributed by atoms with Crippen molar-refractivity contribution in [1.29, 1.82) is 0 Å². The van der Waals surface area contributed by atoms with Crippen molar-refractivity contribution < 1.29 is 31.1 Å². The van der Waals surface area contributed by atoms with E-state index in [9.17, 15) is 31.1 Å². The number of alkyl halides is 6. The van der Waals surface area contributed by atoms with Gasteiger partial charge in [0.15, 0.2) is 0 Å². The number of nitrogens with one attached hydrogen (secondary N) is 1. The molecule has 0 spiro atoms. The molecule has 0 saturated heterocycles. The average Bonchev–Trinajstić information content (AvgIpc) is 2.51. The molecule has 0 atom stereocenters. The molecule has 1 amide bonds. The lowest BCUT2D eigenvalue weighted by atomic mass is 10.1. The van der Waals surface area contributed by atoms with Gasteiger partial charge in [-0.25, -0.2) is 9.97 Å². The van der Waals surface area contributed by atoms with Crippen LogP contribution in [0.1, 0.15) is 17.0 Å². The molecular formula is C13H8F6N4O. The fourth-order valence-electron chi connectivity index (χ4n) is 1.81. The molecule has 5 nitrogen and oxygen atoms in total. The molecule has 24 heavy (non-hydrogen) atoms. The molecule has 0 aliphatic carbocycles. The molecule has 0 aromatic carbocycles. The van der Waals surface area contributed by atoms with Crippen LogP contribution in [0.4, 0.5) is 26.3 Å². The predicted molar refractivity (Wildman–Crippen MR) is 68.2 cm³/mol. The van der Waals surface area contributed by atoms with E-state index >= 15 is 0 Å². The number of pyridine rings is 1. The van der Waals surface area contributed by atoms with Crippen LogP contribution in [0.2, 0.25) is 0 Å². The maximum absolute atomic E-state index is 12.9. The van der Waals surface area contributed by atoms with Crippen LogP contribution in [-0.4, -0.2) is 21.4 Å². The zero-order valence-corrected chi connectivity index (χ0v) is 11.6. The summed E-state index contributed by atoms with van der Waals surface area (Å²) in [6.07, 6.45) is -7.05. The van der Waals surface area contributed by atoms with Crippen molar-refractivity contribution in [2.24, 2.45) is 0 Å². The summed E-state index contributed by atoms with van der Waals surface area (Å²) >= 11 is 0. The van der Waals surface area contributed by atoms with E-state index in [-0.39, 0.29) is 23.2 Å². The molecule has 0 saturated carbocycles. The van der Waals surface area contributed by atoms with E-state index in [0.717, 1.165) is 18.5 Å². The molecule has 0 aliphatic heterocycles. The average molecular weight is 350 g/mol. The summed E-state index contributed by atoms with van der Waals surface area (Å²) in [6.45, 7) is -0.421. The summed E-state index contributed by atoms with van der Waals surface area (Å²) < 4.78 is 75.9. The molecule has 1 N–H and O–H groups in total. The Hall–Kier alpha value is -2.72. The molecule has 2 heterocycles. The fraction of sp³-hybridized carbons (Fsp3) is 0.231. The first-order chi connectivity index (χ1) is 11.1. The van der Waals surface area contributed by atoms with Crippen molar-refractivity contribution in [2.45, 2.75) is 18.9 Å². The van der Waals surface area contributed by atoms with Crippen LogP contribution in [0.5, 0.6) is 0 Å². The first-order valence-corrected chi connectivity index (χ1v) is 6.25. The second-order valence-corrected chi connectivity index (χ2v) is 4.52. The lowest BCUT2D eigenvalue weighted by molar-refractivity contribution is -0.145. The number of aromatic nitrogens is 3. The quantitative estimate of drug-likeness (QED) is 0.680. The number of amides is 1. The Balaban J connectivity index is 2.42. The van der Waals surface area contributed by atoms with Gasteiger partial charge in [0.1, 0.15) is 0 Å². The predicted octanol–water partition coefficient (Wildman–Crippen LogP) is 2.82. The third kappa shape index (κ3) is 3.97. The normalized spacial score (nSPS) is 12.1. The van der Waals surface area contributed by atoms with Crippen molar-refractivity contribution in [3.63, 3.8) is 0 Å². The first kappa shape index (κ1) is 17.6. The highest BCUT2D eigenvalue weighted by Crippen LogP contribution is 2.33. The van der Waals surface area contributed by atoms with Gasteiger partial charge in [0.2, 0.25) is 12.2 Å². The summed E-state index contributed by atoms with van der Waals surface area (Å²) in [6, 6.07) is 1.01. The number of halogens is 6. The van der Waals surface area contributed by atoms with E-state index in [1.54, 1.807) is 0 Å². The van der Waals surface area contributed by atoms with Crippen molar-refractivity contribution in [2.75, 3.05) is 0 Å². The minimum atomic E-state index is -4.73. The molecular weight excluding hydrogens is 342 g/mol. The monoisotopic (exact) mass is 350 g/mol. The Morgan fingerprint density at radius 3 is 2.08 bits per heavy atom. The zero-order chi connectivity index (χ0) is 18.0. The summed E-state index contributed by atoms with van der Waals surface area (Å²) in [4.78, 5) is 20.1. The van der Waals surface area contributed by atoms with Gasteiger partial charge in [-0.3, -0.25) is 9.78 Å². The Morgan fingerprint density at radius 2 is 1.58 bits per heavy atom. The molecule has 2 aromatic rings. The van der Waals surface area contributed by atoms with Crippen molar-refractivity contribution in [3.8, 4) is 11.3 Å². The van der Waals surface area contributed by atoms with Gasteiger partial charge in [0.25, 0.3) is 0 Å². The number of carbonyl (C=O) groups is 1. The van der Waals surface area contributed by atoms with Crippen LogP contribution in [0.15, 0.2) is 24.7 Å². The van der Waals surface area contributed by atoms with Crippen LogP contribution in [0.3, 0.4) is 0 Å². The van der Waals surface area contributed by atoms with Crippen molar-refractivity contribution in [3.05, 3.63) is 41.6 Å². The van der Waals surface area contributed by atoms with Gasteiger partial charge in [-0.05, 0) is 11.6 Å². The number of rotatable bonds is 4. The molecule has 0 bridgehead atoms. The van der Waals surface area contributed by atoms with Crippen molar-refractivity contribution in [1.82, 2.24) is 20.3 Å². The van der Waals surface area contributed by atoms with E-state index in [2.05, 4.69) is 20.3 Å². The summed E-state index contributed by atoms with van der Waals surface area (Å²) in [5.74, 6) is -1.37. The molecule has 0 unspecified atom stereocenters. The molecule has 0 radical (unpaired) electrons. The van der Waals surface area contributed by atoms with E-state index in [4.69, 9.17) is 0 Å². The van der Waals surface area contributed by atoms with E-state index in [0.29, 0.717) is 6.20 Å². The maximum atomic E-state index is 12.9. The Labute approximate surface area is 130 Å². The number of hydrogen-bond donors (Lipinski definition) is 1. The lowest BCUT2D eigenvalue weighted by Gasteiger charge is -2.13. The highest BCUT2D eigenvalue weighted by molar-refractivity contribution is 5.58. The Kier molecular flexibility index (Phi) is 4.71. The Morgan fingerprint density at radius 1 is 0.958 bits per heavy atom. The van der Waals surface area contributed by atoms with Crippen LogP contribution < -0.4 is 5.32 Å². The summed E-state index contributed by atoms with van der Waals surface area (Å²) in [5, 5.41) is 2.10. The van der Waals surface area contributed by atoms with E-state index in [1.165, 1.54) is 0 Å². The van der Waals surface area contributed by atoms with Gasteiger partial charge in [-0.2, -0.15) is 26.3 Å². The minimum absolute atomic E-state index is 0.00378. The van der Waals surface area contributed by atoms with Gasteiger partial charge in [-0.1, -0.05) is 0 Å². The third-order valence-electron chi connectivity index (χ3n) is 2.87. The zero-order valence-electron chi connectivity index (χ0n) is 11.6. The SMILES string of the molecule is O=CNCc1cc(-c2cnc(C(F)(F)F)nc2)ncc1C(F)(F)F. The molecule has 0 fully saturated rings. The molecule has 11 heteroatoms. The van der Waals surface area contributed by atoms with Crippen LogP contribution in [0.25, 0.3) is 11.3 Å². The molecule has 128 valence electrons. The van der Waals surface area contributed by atoms with Gasteiger partial charge in [-0.15, -0.1) is 0 Å².